The normalized spacial score (nSPS) is 11.9. The summed E-state index contributed by atoms with van der Waals surface area (Å²) in [5.74, 6) is -1.29. The van der Waals surface area contributed by atoms with Crippen molar-refractivity contribution >= 4 is 17.8 Å². The number of hydrogen-bond acceptors (Lipinski definition) is 5. The highest BCUT2D eigenvalue weighted by molar-refractivity contribution is 6.33. The van der Waals surface area contributed by atoms with Crippen LogP contribution in [-0.2, 0) is 25.7 Å². The van der Waals surface area contributed by atoms with Crippen molar-refractivity contribution in [1.29, 1.82) is 0 Å². The Balaban J connectivity index is 1.10. The third-order valence-electron chi connectivity index (χ3n) is 6.13. The van der Waals surface area contributed by atoms with E-state index in [0.29, 0.717) is 25.8 Å². The lowest BCUT2D eigenvalue weighted by molar-refractivity contribution is -0.154. The molecule has 4 rings (SSSR count). The number of rotatable bonds is 11. The first-order valence-corrected chi connectivity index (χ1v) is 12.0. The molecule has 0 fully saturated rings. The van der Waals surface area contributed by atoms with Gasteiger partial charge in [-0.25, -0.2) is 9.59 Å². The Labute approximate surface area is 205 Å². The summed E-state index contributed by atoms with van der Waals surface area (Å²) < 4.78 is 10.6. The number of benzene rings is 3. The predicted octanol–water partition coefficient (Wildman–Crippen LogP) is 5.40. The molecule has 3 aromatic rings. The third kappa shape index (κ3) is 6.35. The Kier molecular flexibility index (Phi) is 8.28. The van der Waals surface area contributed by atoms with Crippen LogP contribution in [0.4, 0.5) is 4.79 Å². The fourth-order valence-corrected chi connectivity index (χ4v) is 4.33. The maximum absolute atomic E-state index is 12.2. The molecule has 0 radical (unpaired) electrons. The molecule has 0 aromatic heterocycles. The van der Waals surface area contributed by atoms with Gasteiger partial charge in [0.1, 0.15) is 13.2 Å². The summed E-state index contributed by atoms with van der Waals surface area (Å²) in [6.45, 7) is 0.818. The van der Waals surface area contributed by atoms with E-state index in [1.54, 1.807) is 0 Å². The number of ether oxygens (including phenoxy) is 2. The van der Waals surface area contributed by atoms with E-state index in [9.17, 15) is 14.4 Å². The van der Waals surface area contributed by atoms with Gasteiger partial charge in [0.25, 0.3) is 0 Å². The Hall–Kier alpha value is -3.93. The van der Waals surface area contributed by atoms with Gasteiger partial charge in [-0.1, -0.05) is 85.3 Å². The van der Waals surface area contributed by atoms with Gasteiger partial charge in [-0.05, 0) is 40.7 Å². The van der Waals surface area contributed by atoms with Gasteiger partial charge >= 0.3 is 12.1 Å². The second-order valence-corrected chi connectivity index (χ2v) is 8.55. The fraction of sp³-hybridized carbons (Fsp3) is 0.276. The van der Waals surface area contributed by atoms with Crippen molar-refractivity contribution in [3.05, 3.63) is 95.6 Å². The van der Waals surface area contributed by atoms with Gasteiger partial charge in [0.05, 0.1) is 0 Å². The maximum atomic E-state index is 12.2. The van der Waals surface area contributed by atoms with Gasteiger partial charge < -0.3 is 14.8 Å². The van der Waals surface area contributed by atoms with Crippen LogP contribution in [0.3, 0.4) is 0 Å². The number of nitrogens with one attached hydrogen (secondary N) is 1. The smallest absolute Gasteiger partial charge is 0.407 e. The zero-order valence-electron chi connectivity index (χ0n) is 19.6. The quantitative estimate of drug-likeness (QED) is 0.230. The van der Waals surface area contributed by atoms with Crippen molar-refractivity contribution in [2.75, 3.05) is 13.2 Å². The van der Waals surface area contributed by atoms with E-state index in [1.807, 2.05) is 54.6 Å². The average Bonchev–Trinajstić information content (AvgIpc) is 3.22. The number of hydrogen-bond donors (Lipinski definition) is 1. The summed E-state index contributed by atoms with van der Waals surface area (Å²) in [5, 5.41) is 2.77. The molecule has 35 heavy (non-hydrogen) atoms. The van der Waals surface area contributed by atoms with Crippen LogP contribution in [0, 0.1) is 0 Å². The predicted molar refractivity (Wildman–Crippen MR) is 133 cm³/mol. The minimum atomic E-state index is -0.800. The van der Waals surface area contributed by atoms with Crippen molar-refractivity contribution < 1.29 is 23.9 Å². The van der Waals surface area contributed by atoms with Crippen molar-refractivity contribution in [3.8, 4) is 11.1 Å². The van der Waals surface area contributed by atoms with Gasteiger partial charge in [0, 0.05) is 18.9 Å². The van der Waals surface area contributed by atoms with Crippen LogP contribution >= 0.6 is 0 Å². The molecule has 1 amide bonds. The summed E-state index contributed by atoms with van der Waals surface area (Å²) in [4.78, 5) is 35.9. The largest absolute Gasteiger partial charge is 0.455 e. The molecule has 0 unspecified atom stereocenters. The highest BCUT2D eigenvalue weighted by Gasteiger charge is 2.28. The number of fused-ring (bicyclic) bond motifs is 3. The van der Waals surface area contributed by atoms with Crippen molar-refractivity contribution in [1.82, 2.24) is 5.32 Å². The van der Waals surface area contributed by atoms with E-state index < -0.39 is 17.8 Å². The molecule has 1 N–H and O–H groups in total. The second-order valence-electron chi connectivity index (χ2n) is 8.55. The first kappa shape index (κ1) is 24.2. The molecule has 1 aliphatic rings. The molecule has 0 aliphatic heterocycles. The lowest BCUT2D eigenvalue weighted by Gasteiger charge is -2.14. The molecule has 6 heteroatoms. The molecule has 0 heterocycles. The van der Waals surface area contributed by atoms with Gasteiger partial charge in [0.15, 0.2) is 0 Å². The fourth-order valence-electron chi connectivity index (χ4n) is 4.33. The minimum absolute atomic E-state index is 0.0285. The van der Waals surface area contributed by atoms with Crippen LogP contribution in [0.5, 0.6) is 0 Å². The molecule has 0 atom stereocenters. The molecular formula is C29H29NO5. The van der Waals surface area contributed by atoms with Crippen LogP contribution in [-0.4, -0.2) is 31.0 Å². The number of amides is 1. The standard InChI is InChI=1S/C29H29NO5/c31-27(28(32)34-19-21-11-3-1-4-12-21)17-5-2-10-18-30-29(33)35-20-26-24-15-8-6-13-22(24)23-14-7-9-16-25(23)26/h1,3-4,6-9,11-16,26H,2,5,10,17-20H2,(H,30,33). The first-order chi connectivity index (χ1) is 17.1. The number of Topliss-reactive ketones (excluding diaryl/α,β-unsaturated/α-hetero) is 1. The summed E-state index contributed by atoms with van der Waals surface area (Å²) in [6.07, 6.45) is 1.65. The molecular weight excluding hydrogens is 442 g/mol. The molecule has 0 saturated heterocycles. The van der Waals surface area contributed by atoms with E-state index in [-0.39, 0.29) is 25.6 Å². The lowest BCUT2D eigenvalue weighted by Crippen LogP contribution is -2.27. The highest BCUT2D eigenvalue weighted by Crippen LogP contribution is 2.44. The Morgan fingerprint density at radius 3 is 2.03 bits per heavy atom. The molecule has 1 aliphatic carbocycles. The van der Waals surface area contributed by atoms with Crippen LogP contribution in [0.25, 0.3) is 11.1 Å². The Morgan fingerprint density at radius 1 is 0.714 bits per heavy atom. The van der Waals surface area contributed by atoms with Crippen molar-refractivity contribution in [3.63, 3.8) is 0 Å². The highest BCUT2D eigenvalue weighted by atomic mass is 16.5. The van der Waals surface area contributed by atoms with E-state index in [2.05, 4.69) is 29.6 Å². The summed E-state index contributed by atoms with van der Waals surface area (Å²) in [5.41, 5.74) is 5.57. The summed E-state index contributed by atoms with van der Waals surface area (Å²) in [6, 6.07) is 25.7. The molecule has 6 nitrogen and oxygen atoms in total. The lowest BCUT2D eigenvalue weighted by atomic mass is 9.98. The van der Waals surface area contributed by atoms with Crippen molar-refractivity contribution in [2.24, 2.45) is 0 Å². The molecule has 180 valence electrons. The summed E-state index contributed by atoms with van der Waals surface area (Å²) >= 11 is 0. The monoisotopic (exact) mass is 471 g/mol. The first-order valence-electron chi connectivity index (χ1n) is 12.0. The molecule has 3 aromatic carbocycles. The van der Waals surface area contributed by atoms with Crippen LogP contribution in [0.1, 0.15) is 48.3 Å². The Morgan fingerprint density at radius 2 is 1.34 bits per heavy atom. The van der Waals surface area contributed by atoms with E-state index in [1.165, 1.54) is 22.3 Å². The Bertz CT molecular complexity index is 1130. The van der Waals surface area contributed by atoms with Gasteiger partial charge in [-0.3, -0.25) is 4.79 Å². The van der Waals surface area contributed by atoms with Crippen molar-refractivity contribution in [2.45, 2.75) is 38.2 Å². The van der Waals surface area contributed by atoms with Crippen LogP contribution < -0.4 is 5.32 Å². The molecule has 0 spiro atoms. The van der Waals surface area contributed by atoms with E-state index >= 15 is 0 Å². The number of carbonyl (C=O) groups excluding carboxylic acids is 3. The maximum Gasteiger partial charge on any atom is 0.407 e. The number of ketones is 1. The average molecular weight is 472 g/mol. The third-order valence-corrected chi connectivity index (χ3v) is 6.13. The van der Waals surface area contributed by atoms with Crippen LogP contribution in [0.15, 0.2) is 78.9 Å². The summed E-state index contributed by atoms with van der Waals surface area (Å²) in [7, 11) is 0. The van der Waals surface area contributed by atoms with E-state index in [4.69, 9.17) is 9.47 Å². The van der Waals surface area contributed by atoms with Gasteiger partial charge in [-0.15, -0.1) is 0 Å². The van der Waals surface area contributed by atoms with Gasteiger partial charge in [-0.2, -0.15) is 0 Å². The topological polar surface area (TPSA) is 81.7 Å². The zero-order chi connectivity index (χ0) is 24.5. The van der Waals surface area contributed by atoms with Gasteiger partial charge in [0.2, 0.25) is 5.78 Å². The second kappa shape index (κ2) is 12.0. The zero-order valence-corrected chi connectivity index (χ0v) is 19.6. The SMILES string of the molecule is O=C(NCCCCCC(=O)C(=O)OCc1ccccc1)OCC1c2ccccc2-c2ccccc21. The number of esters is 1. The molecule has 0 bridgehead atoms. The molecule has 0 saturated carbocycles. The van der Waals surface area contributed by atoms with Crippen LogP contribution in [0.2, 0.25) is 0 Å². The number of carbonyl (C=O) groups is 3. The number of unbranched alkanes of at least 4 members (excludes halogenated alkanes) is 2. The minimum Gasteiger partial charge on any atom is -0.455 e. The van der Waals surface area contributed by atoms with E-state index in [0.717, 1.165) is 5.56 Å². The number of alkyl carbamates (subject to hydrolysis) is 1.